The Morgan fingerprint density at radius 3 is 2.85 bits per heavy atom. The zero-order valence-corrected chi connectivity index (χ0v) is 12.5. The van der Waals surface area contributed by atoms with Crippen LogP contribution in [0.1, 0.15) is 37.2 Å². The zero-order chi connectivity index (χ0) is 14.6. The number of aromatic nitrogens is 2. The maximum Gasteiger partial charge on any atom is 0.271 e. The molecular formula is C14H19N3O2S. The van der Waals surface area contributed by atoms with Gasteiger partial charge in [0.05, 0.1) is 16.2 Å². The van der Waals surface area contributed by atoms with Gasteiger partial charge in [-0.2, -0.15) is 5.10 Å². The number of amides is 1. The van der Waals surface area contributed by atoms with Crippen molar-refractivity contribution in [3.63, 3.8) is 0 Å². The Morgan fingerprint density at radius 2 is 2.25 bits per heavy atom. The van der Waals surface area contributed by atoms with Crippen LogP contribution in [-0.4, -0.2) is 33.4 Å². The second-order valence-electron chi connectivity index (χ2n) is 4.76. The first kappa shape index (κ1) is 14.7. The Bertz CT molecular complexity index is 559. The standard InChI is InChI=1S/C14H19N3O2S/c1-3-14(19,4-2)9-15-13(18)11-8-10(16-17-11)12-6-5-7-20-12/h5-8,19H,3-4,9H2,1-2H3,(H,15,18)(H,16,17). The van der Waals surface area contributed by atoms with E-state index in [9.17, 15) is 9.90 Å². The molecule has 0 unspecified atom stereocenters. The highest BCUT2D eigenvalue weighted by Crippen LogP contribution is 2.23. The van der Waals surface area contributed by atoms with Crippen molar-refractivity contribution in [1.82, 2.24) is 15.5 Å². The monoisotopic (exact) mass is 293 g/mol. The van der Waals surface area contributed by atoms with E-state index in [4.69, 9.17) is 0 Å². The number of hydrogen-bond acceptors (Lipinski definition) is 4. The van der Waals surface area contributed by atoms with Gasteiger partial charge in [0, 0.05) is 6.54 Å². The Balaban J connectivity index is 2.00. The Labute approximate surface area is 122 Å². The highest BCUT2D eigenvalue weighted by Gasteiger charge is 2.23. The molecule has 0 spiro atoms. The minimum Gasteiger partial charge on any atom is -0.388 e. The number of nitrogens with zero attached hydrogens (tertiary/aromatic N) is 1. The lowest BCUT2D eigenvalue weighted by Crippen LogP contribution is -2.42. The fourth-order valence-corrected chi connectivity index (χ4v) is 2.52. The predicted molar refractivity (Wildman–Crippen MR) is 79.8 cm³/mol. The van der Waals surface area contributed by atoms with Crippen molar-refractivity contribution in [2.24, 2.45) is 0 Å². The summed E-state index contributed by atoms with van der Waals surface area (Å²) in [5.74, 6) is -0.274. The van der Waals surface area contributed by atoms with Crippen LogP contribution >= 0.6 is 11.3 Å². The molecule has 2 aromatic heterocycles. The van der Waals surface area contributed by atoms with E-state index < -0.39 is 5.60 Å². The second-order valence-corrected chi connectivity index (χ2v) is 5.71. The van der Waals surface area contributed by atoms with Crippen molar-refractivity contribution < 1.29 is 9.90 Å². The summed E-state index contributed by atoms with van der Waals surface area (Å²) in [7, 11) is 0. The topological polar surface area (TPSA) is 78.0 Å². The number of thiophene rings is 1. The van der Waals surface area contributed by atoms with Gasteiger partial charge in [-0.15, -0.1) is 11.3 Å². The highest BCUT2D eigenvalue weighted by atomic mass is 32.1. The molecule has 0 atom stereocenters. The summed E-state index contributed by atoms with van der Waals surface area (Å²) in [6.07, 6.45) is 1.20. The van der Waals surface area contributed by atoms with Crippen LogP contribution in [0.3, 0.4) is 0 Å². The first-order chi connectivity index (χ1) is 9.58. The lowest BCUT2D eigenvalue weighted by Gasteiger charge is -2.25. The summed E-state index contributed by atoms with van der Waals surface area (Å²) in [6, 6.07) is 5.63. The molecular weight excluding hydrogens is 274 g/mol. The van der Waals surface area contributed by atoms with Crippen LogP contribution < -0.4 is 5.32 Å². The largest absolute Gasteiger partial charge is 0.388 e. The van der Waals surface area contributed by atoms with E-state index in [2.05, 4.69) is 15.5 Å². The first-order valence-electron chi connectivity index (χ1n) is 6.68. The molecule has 3 N–H and O–H groups in total. The van der Waals surface area contributed by atoms with Gasteiger partial charge in [-0.05, 0) is 30.4 Å². The third-order valence-corrected chi connectivity index (χ3v) is 4.39. The van der Waals surface area contributed by atoms with Crippen molar-refractivity contribution in [2.75, 3.05) is 6.54 Å². The van der Waals surface area contributed by atoms with E-state index in [1.54, 1.807) is 17.4 Å². The molecule has 0 aromatic carbocycles. The van der Waals surface area contributed by atoms with Gasteiger partial charge in [-0.25, -0.2) is 0 Å². The Hall–Kier alpha value is -1.66. The smallest absolute Gasteiger partial charge is 0.271 e. The number of carbonyl (C=O) groups excluding carboxylic acids is 1. The fourth-order valence-electron chi connectivity index (χ4n) is 1.83. The lowest BCUT2D eigenvalue weighted by molar-refractivity contribution is 0.0313. The molecule has 5 nitrogen and oxygen atoms in total. The zero-order valence-electron chi connectivity index (χ0n) is 11.6. The van der Waals surface area contributed by atoms with E-state index in [0.29, 0.717) is 18.5 Å². The molecule has 0 aliphatic carbocycles. The number of hydrogen-bond donors (Lipinski definition) is 3. The second kappa shape index (κ2) is 6.19. The van der Waals surface area contributed by atoms with Crippen LogP contribution in [-0.2, 0) is 0 Å². The molecule has 0 saturated carbocycles. The van der Waals surface area contributed by atoms with Crippen LogP contribution in [0.2, 0.25) is 0 Å². The van der Waals surface area contributed by atoms with E-state index in [-0.39, 0.29) is 12.5 Å². The fraction of sp³-hybridized carbons (Fsp3) is 0.429. The molecule has 1 amide bonds. The van der Waals surface area contributed by atoms with Gasteiger partial charge >= 0.3 is 0 Å². The average molecular weight is 293 g/mol. The third kappa shape index (κ3) is 3.26. The molecule has 0 fully saturated rings. The number of rotatable bonds is 6. The van der Waals surface area contributed by atoms with Gasteiger partial charge in [0.1, 0.15) is 0 Å². The van der Waals surface area contributed by atoms with Crippen molar-refractivity contribution >= 4 is 17.2 Å². The van der Waals surface area contributed by atoms with Gasteiger partial charge in [0.25, 0.3) is 5.91 Å². The minimum atomic E-state index is -0.845. The van der Waals surface area contributed by atoms with E-state index in [1.807, 2.05) is 31.4 Å². The third-order valence-electron chi connectivity index (χ3n) is 3.49. The van der Waals surface area contributed by atoms with Gasteiger partial charge < -0.3 is 10.4 Å². The number of aliphatic hydroxyl groups is 1. The normalized spacial score (nSPS) is 11.6. The van der Waals surface area contributed by atoms with E-state index >= 15 is 0 Å². The lowest BCUT2D eigenvalue weighted by atomic mass is 9.97. The molecule has 2 rings (SSSR count). The van der Waals surface area contributed by atoms with Gasteiger partial charge in [0.15, 0.2) is 5.69 Å². The molecule has 0 bridgehead atoms. The number of nitrogens with one attached hydrogen (secondary N) is 2. The highest BCUT2D eigenvalue weighted by molar-refractivity contribution is 7.13. The van der Waals surface area contributed by atoms with Crippen molar-refractivity contribution in [3.05, 3.63) is 29.3 Å². The molecule has 108 valence electrons. The van der Waals surface area contributed by atoms with Gasteiger partial charge in [-0.3, -0.25) is 9.89 Å². The molecule has 0 saturated heterocycles. The van der Waals surface area contributed by atoms with E-state index in [0.717, 1.165) is 10.6 Å². The SMILES string of the molecule is CCC(O)(CC)CNC(=O)c1cc(-c2cccs2)[nH]n1. The molecule has 20 heavy (non-hydrogen) atoms. The summed E-state index contributed by atoms with van der Waals surface area (Å²) in [6.45, 7) is 4.04. The van der Waals surface area contributed by atoms with Gasteiger partial charge in [-0.1, -0.05) is 19.9 Å². The number of aromatic amines is 1. The summed E-state index contributed by atoms with van der Waals surface area (Å²) < 4.78 is 0. The number of H-pyrrole nitrogens is 1. The Kier molecular flexibility index (Phi) is 4.57. The van der Waals surface area contributed by atoms with Crippen LogP contribution in [0, 0.1) is 0 Å². The summed E-state index contributed by atoms with van der Waals surface area (Å²) in [4.78, 5) is 13.0. The quantitative estimate of drug-likeness (QED) is 0.765. The number of carbonyl (C=O) groups is 1. The summed E-state index contributed by atoms with van der Waals surface area (Å²) >= 11 is 1.58. The maximum atomic E-state index is 12.0. The molecule has 2 heterocycles. The molecule has 0 aliphatic heterocycles. The molecule has 0 aliphatic rings. The molecule has 0 radical (unpaired) electrons. The van der Waals surface area contributed by atoms with Crippen LogP contribution in [0.25, 0.3) is 10.6 Å². The maximum absolute atomic E-state index is 12.0. The molecule has 6 heteroatoms. The first-order valence-corrected chi connectivity index (χ1v) is 7.56. The van der Waals surface area contributed by atoms with Crippen molar-refractivity contribution in [2.45, 2.75) is 32.3 Å². The van der Waals surface area contributed by atoms with Crippen LogP contribution in [0.5, 0.6) is 0 Å². The van der Waals surface area contributed by atoms with Gasteiger partial charge in [0.2, 0.25) is 0 Å². The van der Waals surface area contributed by atoms with Crippen LogP contribution in [0.4, 0.5) is 0 Å². The summed E-state index contributed by atoms with van der Waals surface area (Å²) in [5, 5.41) is 21.7. The predicted octanol–water partition coefficient (Wildman–Crippen LogP) is 2.42. The average Bonchev–Trinajstić information content (AvgIpc) is 3.14. The molecule has 2 aromatic rings. The Morgan fingerprint density at radius 1 is 1.50 bits per heavy atom. The van der Waals surface area contributed by atoms with Crippen molar-refractivity contribution in [3.8, 4) is 10.6 Å². The minimum absolute atomic E-state index is 0.236. The van der Waals surface area contributed by atoms with E-state index in [1.165, 1.54) is 0 Å². The summed E-state index contributed by atoms with van der Waals surface area (Å²) in [5.41, 5.74) is 0.317. The van der Waals surface area contributed by atoms with Crippen LogP contribution in [0.15, 0.2) is 23.6 Å². The van der Waals surface area contributed by atoms with Crippen molar-refractivity contribution in [1.29, 1.82) is 0 Å².